The lowest BCUT2D eigenvalue weighted by atomic mass is 10.1. The molecule has 1 amide bonds. The molecule has 1 aliphatic rings. The van der Waals surface area contributed by atoms with E-state index in [1.807, 2.05) is 12.1 Å². The number of amides is 1. The molecule has 3 rings (SSSR count). The molecule has 2 aromatic rings. The fraction of sp³-hybridized carbons (Fsp3) is 0.391. The lowest BCUT2D eigenvalue weighted by molar-refractivity contribution is -0.137. The Morgan fingerprint density at radius 1 is 1.16 bits per heavy atom. The van der Waals surface area contributed by atoms with Gasteiger partial charge in [0.2, 0.25) is 5.91 Å². The first-order chi connectivity index (χ1) is 14.9. The van der Waals surface area contributed by atoms with Gasteiger partial charge in [0, 0.05) is 51.2 Å². The molecule has 0 saturated carbocycles. The van der Waals surface area contributed by atoms with Crippen LogP contribution in [0.5, 0.6) is 0 Å². The molecular formula is C23H26F3N3O2. The van der Waals surface area contributed by atoms with Gasteiger partial charge >= 0.3 is 6.18 Å². The second-order valence-electron chi connectivity index (χ2n) is 7.38. The number of carbonyl (C=O) groups excluding carboxylic acids is 1. The highest BCUT2D eigenvalue weighted by atomic mass is 19.4. The number of ether oxygens (including phenoxy) is 1. The standard InChI is InChI=1S/C23H26F3N3O2/c24-23(25,26)21-4-1-3-19(17-21)5-6-22(30)29(18-20-7-9-27-10-8-20)12-2-11-28-13-15-31-16-14-28/h1,3-10,17H,2,11-16,18H2/b6-5+. The highest BCUT2D eigenvalue weighted by Gasteiger charge is 2.30. The van der Waals surface area contributed by atoms with Crippen LogP contribution in [0.3, 0.4) is 0 Å². The minimum Gasteiger partial charge on any atom is -0.379 e. The van der Waals surface area contributed by atoms with Crippen molar-refractivity contribution in [3.8, 4) is 0 Å². The lowest BCUT2D eigenvalue weighted by Gasteiger charge is -2.28. The van der Waals surface area contributed by atoms with Crippen LogP contribution in [0.15, 0.2) is 54.9 Å². The van der Waals surface area contributed by atoms with Crippen molar-refractivity contribution in [2.24, 2.45) is 0 Å². The van der Waals surface area contributed by atoms with Gasteiger partial charge in [0.1, 0.15) is 0 Å². The average Bonchev–Trinajstić information content (AvgIpc) is 2.78. The van der Waals surface area contributed by atoms with Crippen LogP contribution in [0.4, 0.5) is 13.2 Å². The van der Waals surface area contributed by atoms with Gasteiger partial charge in [0.15, 0.2) is 0 Å². The summed E-state index contributed by atoms with van der Waals surface area (Å²) in [4.78, 5) is 20.9. The second-order valence-corrected chi connectivity index (χ2v) is 7.38. The van der Waals surface area contributed by atoms with Gasteiger partial charge in [-0.1, -0.05) is 12.1 Å². The van der Waals surface area contributed by atoms with E-state index >= 15 is 0 Å². The molecule has 8 heteroatoms. The maximum atomic E-state index is 12.9. The summed E-state index contributed by atoms with van der Waals surface area (Å²) >= 11 is 0. The zero-order valence-corrected chi connectivity index (χ0v) is 17.2. The fourth-order valence-electron chi connectivity index (χ4n) is 3.38. The van der Waals surface area contributed by atoms with Gasteiger partial charge in [-0.05, 0) is 47.9 Å². The summed E-state index contributed by atoms with van der Waals surface area (Å²) < 4.78 is 44.1. The van der Waals surface area contributed by atoms with Gasteiger partial charge in [0.25, 0.3) is 0 Å². The Bertz CT molecular complexity index is 866. The number of hydrogen-bond acceptors (Lipinski definition) is 4. The van der Waals surface area contributed by atoms with Crippen molar-refractivity contribution in [3.63, 3.8) is 0 Å². The van der Waals surface area contributed by atoms with Crippen LogP contribution in [0, 0.1) is 0 Å². The molecule has 0 N–H and O–H groups in total. The molecule has 1 saturated heterocycles. The highest BCUT2D eigenvalue weighted by molar-refractivity contribution is 5.91. The van der Waals surface area contributed by atoms with E-state index in [0.717, 1.165) is 57.0 Å². The monoisotopic (exact) mass is 433 g/mol. The first kappa shape index (κ1) is 23.0. The number of rotatable bonds is 8. The minimum absolute atomic E-state index is 0.240. The first-order valence-electron chi connectivity index (χ1n) is 10.2. The fourth-order valence-corrected chi connectivity index (χ4v) is 3.38. The molecule has 0 bridgehead atoms. The average molecular weight is 433 g/mol. The van der Waals surface area contributed by atoms with Crippen LogP contribution < -0.4 is 0 Å². The number of benzene rings is 1. The summed E-state index contributed by atoms with van der Waals surface area (Å²) in [6.07, 6.45) is 2.49. The van der Waals surface area contributed by atoms with Crippen LogP contribution in [0.2, 0.25) is 0 Å². The van der Waals surface area contributed by atoms with E-state index in [9.17, 15) is 18.0 Å². The van der Waals surface area contributed by atoms with Crippen molar-refractivity contribution in [1.29, 1.82) is 0 Å². The lowest BCUT2D eigenvalue weighted by Crippen LogP contribution is -2.38. The Kier molecular flexibility index (Phi) is 8.20. The molecule has 0 spiro atoms. The van der Waals surface area contributed by atoms with E-state index in [4.69, 9.17) is 4.74 Å². The molecule has 2 heterocycles. The number of hydrogen-bond donors (Lipinski definition) is 0. The summed E-state index contributed by atoms with van der Waals surface area (Å²) in [5, 5.41) is 0. The van der Waals surface area contributed by atoms with Crippen molar-refractivity contribution >= 4 is 12.0 Å². The molecule has 1 fully saturated rings. The van der Waals surface area contributed by atoms with Crippen molar-refractivity contribution in [1.82, 2.24) is 14.8 Å². The first-order valence-corrected chi connectivity index (χ1v) is 10.2. The number of nitrogens with zero attached hydrogens (tertiary/aromatic N) is 3. The maximum absolute atomic E-state index is 12.9. The van der Waals surface area contributed by atoms with Gasteiger partial charge in [-0.25, -0.2) is 0 Å². The zero-order chi connectivity index (χ0) is 22.1. The normalized spacial score (nSPS) is 15.3. The molecule has 1 aliphatic heterocycles. The zero-order valence-electron chi connectivity index (χ0n) is 17.2. The number of aromatic nitrogens is 1. The topological polar surface area (TPSA) is 45.7 Å². The Balaban J connectivity index is 1.65. The molecule has 0 atom stereocenters. The van der Waals surface area contributed by atoms with E-state index in [2.05, 4.69) is 9.88 Å². The molecule has 1 aromatic heterocycles. The molecule has 31 heavy (non-hydrogen) atoms. The molecule has 5 nitrogen and oxygen atoms in total. The van der Waals surface area contributed by atoms with Gasteiger partial charge in [0.05, 0.1) is 18.8 Å². The highest BCUT2D eigenvalue weighted by Crippen LogP contribution is 2.29. The van der Waals surface area contributed by atoms with Crippen molar-refractivity contribution in [2.75, 3.05) is 39.4 Å². The SMILES string of the molecule is O=C(/C=C/c1cccc(C(F)(F)F)c1)N(CCCN1CCOCC1)Cc1ccncc1. The van der Waals surface area contributed by atoms with Gasteiger partial charge < -0.3 is 9.64 Å². The van der Waals surface area contributed by atoms with E-state index in [-0.39, 0.29) is 5.91 Å². The molecule has 1 aromatic carbocycles. The van der Waals surface area contributed by atoms with Crippen LogP contribution in [0.25, 0.3) is 6.08 Å². The number of alkyl halides is 3. The van der Waals surface area contributed by atoms with Gasteiger partial charge in [-0.15, -0.1) is 0 Å². The summed E-state index contributed by atoms with van der Waals surface area (Å²) in [6, 6.07) is 8.63. The largest absolute Gasteiger partial charge is 0.416 e. The number of carbonyl (C=O) groups is 1. The third-order valence-electron chi connectivity index (χ3n) is 5.07. The molecule has 0 unspecified atom stereocenters. The van der Waals surface area contributed by atoms with Crippen LogP contribution in [0.1, 0.15) is 23.1 Å². The second kappa shape index (κ2) is 11.1. The maximum Gasteiger partial charge on any atom is 0.416 e. The third-order valence-corrected chi connectivity index (χ3v) is 5.07. The Morgan fingerprint density at radius 2 is 1.90 bits per heavy atom. The Hall–Kier alpha value is -2.71. The number of halogens is 3. The number of pyridine rings is 1. The summed E-state index contributed by atoms with van der Waals surface area (Å²) in [7, 11) is 0. The van der Waals surface area contributed by atoms with E-state index in [0.29, 0.717) is 18.7 Å². The summed E-state index contributed by atoms with van der Waals surface area (Å²) in [6.45, 7) is 5.03. The molecule has 0 radical (unpaired) electrons. The van der Waals surface area contributed by atoms with E-state index < -0.39 is 11.7 Å². The summed E-state index contributed by atoms with van der Waals surface area (Å²) in [5.74, 6) is -0.240. The minimum atomic E-state index is -4.42. The molecule has 166 valence electrons. The Morgan fingerprint density at radius 3 is 2.61 bits per heavy atom. The quantitative estimate of drug-likeness (QED) is 0.593. The van der Waals surface area contributed by atoms with Crippen molar-refractivity contribution < 1.29 is 22.7 Å². The predicted molar refractivity (Wildman–Crippen MR) is 112 cm³/mol. The van der Waals surface area contributed by atoms with Crippen LogP contribution in [-0.2, 0) is 22.3 Å². The van der Waals surface area contributed by atoms with Crippen molar-refractivity contribution in [2.45, 2.75) is 19.1 Å². The van der Waals surface area contributed by atoms with E-state index in [1.54, 1.807) is 23.4 Å². The third kappa shape index (κ3) is 7.48. The van der Waals surface area contributed by atoms with Crippen LogP contribution in [-0.4, -0.2) is 60.1 Å². The van der Waals surface area contributed by atoms with Crippen molar-refractivity contribution in [3.05, 3.63) is 71.6 Å². The smallest absolute Gasteiger partial charge is 0.379 e. The van der Waals surface area contributed by atoms with E-state index in [1.165, 1.54) is 18.2 Å². The van der Waals surface area contributed by atoms with Crippen LogP contribution >= 0.6 is 0 Å². The summed E-state index contributed by atoms with van der Waals surface area (Å²) in [5.41, 5.74) is 0.545. The van der Waals surface area contributed by atoms with Gasteiger partial charge in [-0.2, -0.15) is 13.2 Å². The Labute approximate surface area is 180 Å². The van der Waals surface area contributed by atoms with Gasteiger partial charge in [-0.3, -0.25) is 14.7 Å². The molecular weight excluding hydrogens is 407 g/mol. The predicted octanol–water partition coefficient (Wildman–Crippen LogP) is 3.86. The number of morpholine rings is 1. The molecule has 0 aliphatic carbocycles.